The number of fused-ring (bicyclic) bond motifs is 1. The summed E-state index contributed by atoms with van der Waals surface area (Å²) in [5.41, 5.74) is 0.938. The molecular formula is C21H24N2O7S. The van der Waals surface area contributed by atoms with E-state index in [2.05, 4.69) is 4.72 Å². The highest BCUT2D eigenvalue weighted by molar-refractivity contribution is 7.89. The Balaban J connectivity index is 1.48. The maximum absolute atomic E-state index is 12.5. The second-order valence-corrected chi connectivity index (χ2v) is 8.65. The Hall–Kier alpha value is -3.11. The maximum Gasteiger partial charge on any atom is 0.321 e. The molecule has 1 heterocycles. The van der Waals surface area contributed by atoms with E-state index in [1.165, 1.54) is 23.1 Å². The normalized spacial score (nSPS) is 13.2. The minimum Gasteiger partial charge on any atom is -0.490 e. The molecule has 0 fully saturated rings. The lowest BCUT2D eigenvalue weighted by atomic mass is 10.2. The zero-order valence-electron chi connectivity index (χ0n) is 17.1. The fourth-order valence-electron chi connectivity index (χ4n) is 2.80. The first-order chi connectivity index (χ1) is 14.8. The number of ether oxygens (including phenoxy) is 3. The first kappa shape index (κ1) is 22.6. The van der Waals surface area contributed by atoms with Gasteiger partial charge in [-0.1, -0.05) is 30.3 Å². The summed E-state index contributed by atoms with van der Waals surface area (Å²) in [6.45, 7) is 0.194. The Morgan fingerprint density at radius 2 is 1.77 bits per heavy atom. The van der Waals surface area contributed by atoms with E-state index >= 15 is 0 Å². The summed E-state index contributed by atoms with van der Waals surface area (Å²) >= 11 is 0. The number of amides is 1. The van der Waals surface area contributed by atoms with Crippen LogP contribution in [0.4, 0.5) is 0 Å². The summed E-state index contributed by atoms with van der Waals surface area (Å²) in [4.78, 5) is 25.4. The third-order valence-corrected chi connectivity index (χ3v) is 5.88. The molecule has 1 aliphatic rings. The molecular weight excluding hydrogens is 424 g/mol. The Bertz CT molecular complexity index is 1030. The molecule has 31 heavy (non-hydrogen) atoms. The van der Waals surface area contributed by atoms with Crippen LogP contribution in [0.2, 0.25) is 0 Å². The molecule has 10 heteroatoms. The second-order valence-electron chi connectivity index (χ2n) is 6.88. The molecule has 9 nitrogen and oxygen atoms in total. The lowest BCUT2D eigenvalue weighted by molar-refractivity contribution is -0.150. The molecule has 0 aromatic heterocycles. The summed E-state index contributed by atoms with van der Waals surface area (Å²) in [6, 6.07) is 13.6. The fraction of sp³-hybridized carbons (Fsp3) is 0.333. The van der Waals surface area contributed by atoms with Crippen LogP contribution in [0.5, 0.6) is 11.5 Å². The van der Waals surface area contributed by atoms with Crippen LogP contribution in [0.1, 0.15) is 12.0 Å². The van der Waals surface area contributed by atoms with Crippen molar-refractivity contribution in [2.24, 2.45) is 0 Å². The molecule has 0 unspecified atom stereocenters. The van der Waals surface area contributed by atoms with Crippen molar-refractivity contribution >= 4 is 21.9 Å². The number of nitrogens with zero attached hydrogens (tertiary/aromatic N) is 1. The topological polar surface area (TPSA) is 111 Å². The lowest BCUT2D eigenvalue weighted by Crippen LogP contribution is -2.34. The number of benzene rings is 2. The second kappa shape index (κ2) is 10.3. The SMILES string of the molecule is CN(Cc1ccccc1)C(=O)COC(=O)CNS(=O)(=O)c1ccc2c(c1)OCCCO2. The predicted octanol–water partition coefficient (Wildman–Crippen LogP) is 1.33. The average Bonchev–Trinajstić information content (AvgIpc) is 3.01. The van der Waals surface area contributed by atoms with Crippen molar-refractivity contribution in [1.29, 1.82) is 0 Å². The average molecular weight is 448 g/mol. The molecule has 1 amide bonds. The lowest BCUT2D eigenvalue weighted by Gasteiger charge is -2.17. The molecule has 0 saturated carbocycles. The number of hydrogen-bond donors (Lipinski definition) is 1. The number of nitrogens with one attached hydrogen (secondary N) is 1. The molecule has 2 aromatic rings. The van der Waals surface area contributed by atoms with Crippen molar-refractivity contribution in [3.8, 4) is 11.5 Å². The molecule has 1 aliphatic heterocycles. The van der Waals surface area contributed by atoms with Crippen LogP contribution in [0.25, 0.3) is 0 Å². The Morgan fingerprint density at radius 3 is 2.52 bits per heavy atom. The van der Waals surface area contributed by atoms with Gasteiger partial charge in [-0.05, 0) is 17.7 Å². The van der Waals surface area contributed by atoms with Gasteiger partial charge in [0.2, 0.25) is 10.0 Å². The van der Waals surface area contributed by atoms with Crippen LogP contribution in [0.3, 0.4) is 0 Å². The zero-order valence-corrected chi connectivity index (χ0v) is 17.9. The number of sulfonamides is 1. The van der Waals surface area contributed by atoms with Gasteiger partial charge in [-0.25, -0.2) is 8.42 Å². The molecule has 0 saturated heterocycles. The van der Waals surface area contributed by atoms with Crippen LogP contribution in [-0.2, 0) is 30.9 Å². The standard InChI is InChI=1S/C21H24N2O7S/c1-23(14-16-6-3-2-4-7-16)20(24)15-30-21(25)13-22-31(26,27)17-8-9-18-19(12-17)29-11-5-10-28-18/h2-4,6-9,12,22H,5,10-11,13-15H2,1H3. The van der Waals surface area contributed by atoms with E-state index in [-0.39, 0.29) is 4.90 Å². The van der Waals surface area contributed by atoms with Crippen molar-refractivity contribution in [2.75, 3.05) is 33.4 Å². The smallest absolute Gasteiger partial charge is 0.321 e. The highest BCUT2D eigenvalue weighted by atomic mass is 32.2. The summed E-state index contributed by atoms with van der Waals surface area (Å²) in [7, 11) is -2.38. The molecule has 0 atom stereocenters. The first-order valence-corrected chi connectivity index (χ1v) is 11.2. The number of rotatable bonds is 8. The van der Waals surface area contributed by atoms with E-state index in [1.807, 2.05) is 30.3 Å². The van der Waals surface area contributed by atoms with Crippen molar-refractivity contribution in [2.45, 2.75) is 17.9 Å². The number of carbonyl (C=O) groups is 2. The molecule has 166 valence electrons. The van der Waals surface area contributed by atoms with E-state index in [0.717, 1.165) is 5.56 Å². The van der Waals surface area contributed by atoms with Crippen LogP contribution in [0, 0.1) is 0 Å². The van der Waals surface area contributed by atoms with E-state index in [0.29, 0.717) is 37.7 Å². The van der Waals surface area contributed by atoms with Gasteiger partial charge >= 0.3 is 5.97 Å². The van der Waals surface area contributed by atoms with E-state index in [9.17, 15) is 18.0 Å². The van der Waals surface area contributed by atoms with Gasteiger partial charge in [0.15, 0.2) is 18.1 Å². The van der Waals surface area contributed by atoms with E-state index in [4.69, 9.17) is 14.2 Å². The number of esters is 1. The minimum atomic E-state index is -3.98. The molecule has 0 bridgehead atoms. The monoisotopic (exact) mass is 448 g/mol. The number of likely N-dealkylation sites (N-methyl/N-ethyl adjacent to an activating group) is 1. The van der Waals surface area contributed by atoms with Crippen LogP contribution in [-0.4, -0.2) is 58.6 Å². The summed E-state index contributed by atoms with van der Waals surface area (Å²) in [5.74, 6) is -0.466. The maximum atomic E-state index is 12.5. The van der Waals surface area contributed by atoms with Crippen LogP contribution >= 0.6 is 0 Å². The van der Waals surface area contributed by atoms with Gasteiger partial charge in [0.05, 0.1) is 18.1 Å². The van der Waals surface area contributed by atoms with Crippen LogP contribution in [0.15, 0.2) is 53.4 Å². The van der Waals surface area contributed by atoms with Gasteiger partial charge < -0.3 is 19.1 Å². The molecule has 3 rings (SSSR count). The van der Waals surface area contributed by atoms with Gasteiger partial charge in [0.25, 0.3) is 5.91 Å². The molecule has 2 aromatic carbocycles. The molecule has 0 aliphatic carbocycles. The zero-order chi connectivity index (χ0) is 22.3. The highest BCUT2D eigenvalue weighted by Crippen LogP contribution is 2.31. The molecule has 1 N–H and O–H groups in total. The quantitative estimate of drug-likeness (QED) is 0.607. The first-order valence-electron chi connectivity index (χ1n) is 9.68. The summed E-state index contributed by atoms with van der Waals surface area (Å²) < 4.78 is 43.0. The van der Waals surface area contributed by atoms with Gasteiger partial charge in [-0.2, -0.15) is 4.72 Å². The molecule has 0 radical (unpaired) electrons. The van der Waals surface area contributed by atoms with Crippen molar-refractivity contribution in [3.05, 3.63) is 54.1 Å². The Labute approximate surface area is 181 Å². The van der Waals surface area contributed by atoms with Gasteiger partial charge in [-0.15, -0.1) is 0 Å². The van der Waals surface area contributed by atoms with Gasteiger partial charge in [-0.3, -0.25) is 9.59 Å². The third kappa shape index (κ3) is 6.43. The number of carbonyl (C=O) groups excluding carboxylic acids is 2. The summed E-state index contributed by atoms with van der Waals surface area (Å²) in [5, 5.41) is 0. The van der Waals surface area contributed by atoms with Gasteiger partial charge in [0.1, 0.15) is 6.54 Å². The largest absolute Gasteiger partial charge is 0.490 e. The van der Waals surface area contributed by atoms with Crippen molar-refractivity contribution < 1.29 is 32.2 Å². The molecule has 0 spiro atoms. The third-order valence-electron chi connectivity index (χ3n) is 4.48. The van der Waals surface area contributed by atoms with Crippen molar-refractivity contribution in [3.63, 3.8) is 0 Å². The fourth-order valence-corrected chi connectivity index (χ4v) is 3.78. The Morgan fingerprint density at radius 1 is 1.06 bits per heavy atom. The van der Waals surface area contributed by atoms with Gasteiger partial charge in [0, 0.05) is 26.1 Å². The summed E-state index contributed by atoms with van der Waals surface area (Å²) in [6.07, 6.45) is 0.695. The van der Waals surface area contributed by atoms with Crippen LogP contribution < -0.4 is 14.2 Å². The van der Waals surface area contributed by atoms with E-state index < -0.39 is 35.1 Å². The van der Waals surface area contributed by atoms with E-state index in [1.54, 1.807) is 7.05 Å². The Kier molecular flexibility index (Phi) is 7.48. The van der Waals surface area contributed by atoms with Crippen molar-refractivity contribution in [1.82, 2.24) is 9.62 Å². The minimum absolute atomic E-state index is 0.0665. The highest BCUT2D eigenvalue weighted by Gasteiger charge is 2.20. The number of hydrogen-bond acceptors (Lipinski definition) is 7. The predicted molar refractivity (Wildman–Crippen MR) is 111 cm³/mol.